The molecule has 0 radical (unpaired) electrons. The lowest BCUT2D eigenvalue weighted by Gasteiger charge is -2.32. The lowest BCUT2D eigenvalue weighted by atomic mass is 10.0. The highest BCUT2D eigenvalue weighted by molar-refractivity contribution is 6.08. The number of fused-ring (bicyclic) bond motifs is 1. The molecule has 12 amide bonds. The molecule has 1 fully saturated rings. The number of carbonyl (C=O) groups excluding carboxylic acids is 12. The number of para-hydroxylation sites is 1. The predicted octanol–water partition coefficient (Wildman–Crippen LogP) is -5.70. The zero-order valence-electron chi connectivity index (χ0n) is 46.2. The fourth-order valence-corrected chi connectivity index (χ4v) is 8.96. The molecule has 0 aliphatic carbocycles. The number of aliphatic hydroxyl groups excluding tert-OH is 2. The van der Waals surface area contributed by atoms with Gasteiger partial charge in [-0.25, -0.2) is 0 Å². The second-order valence-corrected chi connectivity index (χ2v) is 20.5. The average molecular weight is 1160 g/mol. The van der Waals surface area contributed by atoms with Gasteiger partial charge in [-0.05, 0) is 62.6 Å². The third kappa shape index (κ3) is 20.2. The summed E-state index contributed by atoms with van der Waals surface area (Å²) >= 11 is 0. The molecule has 1 aliphatic heterocycles. The quantitative estimate of drug-likeness (QED) is 0.0259. The van der Waals surface area contributed by atoms with Crippen LogP contribution in [0, 0.1) is 5.92 Å². The monoisotopic (exact) mass is 1160 g/mol. The number of carbonyl (C=O) groups is 13. The highest BCUT2D eigenvalue weighted by atomic mass is 16.4. The van der Waals surface area contributed by atoms with Crippen molar-refractivity contribution in [2.75, 3.05) is 13.1 Å². The highest BCUT2D eigenvalue weighted by Gasteiger charge is 2.43. The van der Waals surface area contributed by atoms with E-state index in [1.807, 2.05) is 0 Å². The van der Waals surface area contributed by atoms with Crippen LogP contribution in [0.4, 0.5) is 0 Å². The molecule has 11 atom stereocenters. The van der Waals surface area contributed by atoms with Crippen molar-refractivity contribution in [3.63, 3.8) is 0 Å². The molecule has 83 heavy (non-hydrogen) atoms. The van der Waals surface area contributed by atoms with Gasteiger partial charge in [0.15, 0.2) is 6.04 Å². The number of nitrogens with one attached hydrogen (secondary N) is 9. The van der Waals surface area contributed by atoms with Crippen molar-refractivity contribution in [1.82, 2.24) is 52.4 Å². The van der Waals surface area contributed by atoms with Crippen LogP contribution in [0.5, 0.6) is 0 Å². The van der Waals surface area contributed by atoms with E-state index in [4.69, 9.17) is 28.0 Å². The second-order valence-electron chi connectivity index (χ2n) is 20.5. The van der Waals surface area contributed by atoms with E-state index in [2.05, 4.69) is 47.5 Å². The van der Waals surface area contributed by atoms with Crippen LogP contribution in [0.1, 0.15) is 77.3 Å². The first-order valence-electron chi connectivity index (χ1n) is 26.6. The number of amides is 12. The number of aromatic nitrogens is 1. The van der Waals surface area contributed by atoms with E-state index >= 15 is 0 Å². The Labute approximate surface area is 476 Å². The summed E-state index contributed by atoms with van der Waals surface area (Å²) in [5, 5.41) is 49.4. The normalized spacial score (nSPS) is 16.6. The van der Waals surface area contributed by atoms with E-state index in [9.17, 15) is 72.5 Å². The van der Waals surface area contributed by atoms with E-state index in [0.29, 0.717) is 22.0 Å². The van der Waals surface area contributed by atoms with Crippen LogP contribution >= 0.6 is 0 Å². The molecular weight excluding hydrogens is 1090 g/mol. The van der Waals surface area contributed by atoms with Crippen LogP contribution in [-0.4, -0.2) is 182 Å². The number of aliphatic carboxylic acids is 1. The smallest absolute Gasteiger partial charge is 0.303 e. The second kappa shape index (κ2) is 31.3. The number of primary amides is 3. The number of rotatable bonds is 32. The van der Waals surface area contributed by atoms with Crippen LogP contribution in [0.15, 0.2) is 60.8 Å². The molecule has 0 saturated carbocycles. The van der Waals surface area contributed by atoms with Gasteiger partial charge in [0, 0.05) is 42.9 Å². The number of nitrogens with zero attached hydrogens (tertiary/aromatic N) is 1. The molecule has 11 unspecified atom stereocenters. The van der Waals surface area contributed by atoms with Crippen molar-refractivity contribution in [3.05, 3.63) is 71.9 Å². The summed E-state index contributed by atoms with van der Waals surface area (Å²) in [6, 6.07) is 0.478. The lowest BCUT2D eigenvalue weighted by Crippen LogP contribution is -2.63. The zero-order chi connectivity index (χ0) is 61.8. The van der Waals surface area contributed by atoms with Crippen LogP contribution in [0.2, 0.25) is 0 Å². The lowest BCUT2D eigenvalue weighted by molar-refractivity contribution is -0.145. The van der Waals surface area contributed by atoms with Gasteiger partial charge in [-0.1, -0.05) is 62.4 Å². The van der Waals surface area contributed by atoms with Gasteiger partial charge in [-0.2, -0.15) is 0 Å². The molecule has 452 valence electrons. The number of nitrogens with two attached hydrogens (primary N) is 4. The van der Waals surface area contributed by atoms with Gasteiger partial charge in [0.25, 0.3) is 5.91 Å². The number of likely N-dealkylation sites (tertiary alicyclic amines) is 1. The van der Waals surface area contributed by atoms with E-state index in [1.54, 1.807) is 74.6 Å². The van der Waals surface area contributed by atoms with Crippen LogP contribution in [0.25, 0.3) is 10.9 Å². The van der Waals surface area contributed by atoms with Gasteiger partial charge in [-0.15, -0.1) is 0 Å². The first-order chi connectivity index (χ1) is 39.1. The number of benzene rings is 2. The molecule has 3 aromatic rings. The number of hydrogen-bond donors (Lipinski definition) is 16. The topological polar surface area (TPSA) is 502 Å². The minimum Gasteiger partial charge on any atom is -0.481 e. The number of H-pyrrole nitrogens is 1. The highest BCUT2D eigenvalue weighted by Crippen LogP contribution is 2.22. The van der Waals surface area contributed by atoms with Crippen LogP contribution in [-0.2, 0) is 75.2 Å². The Morgan fingerprint density at radius 1 is 0.651 bits per heavy atom. The van der Waals surface area contributed by atoms with E-state index in [-0.39, 0.29) is 51.0 Å². The minimum atomic E-state index is -2.18. The fourth-order valence-electron chi connectivity index (χ4n) is 8.96. The van der Waals surface area contributed by atoms with Crippen molar-refractivity contribution >= 4 is 87.8 Å². The maximum absolute atomic E-state index is 14.4. The molecule has 1 saturated heterocycles. The molecule has 0 bridgehead atoms. The molecule has 2 aromatic carbocycles. The van der Waals surface area contributed by atoms with Crippen molar-refractivity contribution in [3.8, 4) is 0 Å². The number of carboxylic acid groups (broad SMARTS) is 1. The van der Waals surface area contributed by atoms with Crippen molar-refractivity contribution in [1.29, 1.82) is 0 Å². The van der Waals surface area contributed by atoms with E-state index in [1.165, 1.54) is 6.92 Å². The molecule has 1 aromatic heterocycles. The molecular formula is C53H74N14O16. The fraction of sp³-hybridized carbons (Fsp3) is 0.491. The SMILES string of the molecule is CC(C)CC(NC(=O)C(N)CCC(=O)O)C(=O)NC(CC(N)=O)C(=O)NC(Cc1ccccc1)C(=O)NC(C(=O)N1CCCC1C(=O)NC(C(N)=O)C(=O)NC(Cc1c[nH]c2ccccc12)C(=O)NCC(=O)NC(C(N)=O)C(C)O)C(C)O. The summed E-state index contributed by atoms with van der Waals surface area (Å²) in [4.78, 5) is 176. The maximum Gasteiger partial charge on any atom is 0.303 e. The Kier molecular flexibility index (Phi) is 25.0. The largest absolute Gasteiger partial charge is 0.481 e. The maximum atomic E-state index is 14.4. The first kappa shape index (κ1) is 66.5. The van der Waals surface area contributed by atoms with E-state index in [0.717, 1.165) is 11.8 Å². The van der Waals surface area contributed by atoms with E-state index < -0.39 is 163 Å². The van der Waals surface area contributed by atoms with Crippen LogP contribution < -0.4 is 65.5 Å². The van der Waals surface area contributed by atoms with Crippen molar-refractivity contribution < 1.29 is 77.6 Å². The van der Waals surface area contributed by atoms with Gasteiger partial charge >= 0.3 is 5.97 Å². The summed E-state index contributed by atoms with van der Waals surface area (Å²) in [7, 11) is 0. The molecule has 4 rings (SSSR count). The minimum absolute atomic E-state index is 0.00308. The molecule has 0 spiro atoms. The van der Waals surface area contributed by atoms with Crippen molar-refractivity contribution in [2.24, 2.45) is 28.9 Å². The van der Waals surface area contributed by atoms with Crippen molar-refractivity contribution in [2.45, 2.75) is 146 Å². The number of carboxylic acids is 1. The number of hydrogen-bond acceptors (Lipinski definition) is 16. The third-order valence-corrected chi connectivity index (χ3v) is 13.3. The number of aliphatic hydroxyl groups is 2. The average Bonchev–Trinajstić information content (AvgIpc) is 4.29. The summed E-state index contributed by atoms with van der Waals surface area (Å²) < 4.78 is 0. The van der Waals surface area contributed by atoms with Gasteiger partial charge < -0.3 is 90.7 Å². The molecule has 30 heteroatoms. The van der Waals surface area contributed by atoms with Gasteiger partial charge in [0.05, 0.1) is 31.2 Å². The Bertz CT molecular complexity index is 2860. The molecule has 30 nitrogen and oxygen atoms in total. The number of aromatic amines is 1. The van der Waals surface area contributed by atoms with Crippen LogP contribution in [0.3, 0.4) is 0 Å². The summed E-state index contributed by atoms with van der Waals surface area (Å²) in [6.07, 6.45) is -3.47. The Balaban J connectivity index is 1.54. The summed E-state index contributed by atoms with van der Waals surface area (Å²) in [5.41, 5.74) is 23.8. The Morgan fingerprint density at radius 3 is 1.83 bits per heavy atom. The first-order valence-corrected chi connectivity index (χ1v) is 26.6. The zero-order valence-corrected chi connectivity index (χ0v) is 46.2. The van der Waals surface area contributed by atoms with Gasteiger partial charge in [-0.3, -0.25) is 62.3 Å². The molecule has 1 aliphatic rings. The predicted molar refractivity (Wildman–Crippen MR) is 293 cm³/mol. The Hall–Kier alpha value is -9.03. The standard InChI is InChI=1S/C53H74N14O16/c1-25(2)19-33(60-46(76)31(54)16-17-40(72)73)48(78)62-36(22-38(55)70)49(79)61-34(20-28-11-6-5-7-12-28)50(80)65-42(27(4)69)53(83)67-18-10-15-37(67)51(81)66-43(45(57)75)52(82)63-35(21-29-23-58-32-14-9-8-13-30(29)32)47(77)59-24-39(71)64-41(26(3)68)44(56)74/h5-9,11-14,23,25-27,31,33-37,41-43,58,68-69H,10,15-22,24,54H2,1-4H3,(H2,55,70)(H2,56,74)(H2,57,75)(H,59,77)(H,60,76)(H,61,79)(H,62,78)(H,63,82)(H,64,71)(H,65,80)(H,66,81)(H,72,73). The van der Waals surface area contributed by atoms with Gasteiger partial charge in [0.1, 0.15) is 42.3 Å². The summed E-state index contributed by atoms with van der Waals surface area (Å²) in [5.74, 6) is -14.3. The summed E-state index contributed by atoms with van der Waals surface area (Å²) in [6.45, 7) is 4.88. The Morgan fingerprint density at radius 2 is 1.23 bits per heavy atom. The third-order valence-electron chi connectivity index (χ3n) is 13.3. The molecule has 20 N–H and O–H groups in total. The van der Waals surface area contributed by atoms with Gasteiger partial charge in [0.2, 0.25) is 65.0 Å². The molecule has 2 heterocycles.